The highest BCUT2D eigenvalue weighted by molar-refractivity contribution is 6.01. The molecule has 1 amide bonds. The maximum atomic E-state index is 12.0. The molecule has 1 rings (SSSR count). The fraction of sp³-hybridized carbons (Fsp3) is 0.800. The van der Waals surface area contributed by atoms with E-state index in [1.165, 1.54) is 0 Å². The first-order chi connectivity index (χ1) is 6.97. The van der Waals surface area contributed by atoms with E-state index in [1.54, 1.807) is 6.92 Å². The maximum absolute atomic E-state index is 12.0. The van der Waals surface area contributed by atoms with E-state index in [4.69, 9.17) is 10.9 Å². The molecule has 1 heterocycles. The van der Waals surface area contributed by atoms with Crippen LogP contribution in [0, 0.1) is 11.8 Å². The Bertz CT molecular complexity index is 278. The molecule has 1 saturated heterocycles. The third kappa shape index (κ3) is 2.40. The van der Waals surface area contributed by atoms with Crippen molar-refractivity contribution in [3.8, 4) is 0 Å². The lowest BCUT2D eigenvalue weighted by molar-refractivity contribution is -0.133. The van der Waals surface area contributed by atoms with E-state index in [9.17, 15) is 4.79 Å². The summed E-state index contributed by atoms with van der Waals surface area (Å²) >= 11 is 0. The predicted octanol–water partition coefficient (Wildman–Crippen LogP) is 0.626. The SMILES string of the molecule is CC1CC(C)N(C(=O)C(C)C(N)=NO)C1. The van der Waals surface area contributed by atoms with Crippen molar-refractivity contribution in [3.63, 3.8) is 0 Å². The lowest BCUT2D eigenvalue weighted by Crippen LogP contribution is -2.42. The average molecular weight is 213 g/mol. The highest BCUT2D eigenvalue weighted by atomic mass is 16.4. The lowest BCUT2D eigenvalue weighted by Gasteiger charge is -2.24. The molecule has 0 bridgehead atoms. The van der Waals surface area contributed by atoms with Gasteiger partial charge in [-0.05, 0) is 26.2 Å². The minimum absolute atomic E-state index is 0.0215. The molecular weight excluding hydrogens is 194 g/mol. The van der Waals surface area contributed by atoms with Crippen LogP contribution in [0.1, 0.15) is 27.2 Å². The van der Waals surface area contributed by atoms with Crippen LogP contribution in [-0.4, -0.2) is 34.4 Å². The summed E-state index contributed by atoms with van der Waals surface area (Å²) < 4.78 is 0. The Morgan fingerprint density at radius 2 is 2.20 bits per heavy atom. The molecule has 1 aliphatic heterocycles. The van der Waals surface area contributed by atoms with Crippen molar-refractivity contribution in [3.05, 3.63) is 0 Å². The van der Waals surface area contributed by atoms with Gasteiger partial charge in [0.15, 0.2) is 5.84 Å². The van der Waals surface area contributed by atoms with Gasteiger partial charge in [0.25, 0.3) is 0 Å². The van der Waals surface area contributed by atoms with E-state index in [1.807, 2.05) is 11.8 Å². The van der Waals surface area contributed by atoms with Gasteiger partial charge in [-0.15, -0.1) is 0 Å². The van der Waals surface area contributed by atoms with Crippen molar-refractivity contribution < 1.29 is 10.0 Å². The number of hydrogen-bond acceptors (Lipinski definition) is 3. The molecule has 86 valence electrons. The van der Waals surface area contributed by atoms with Crippen LogP contribution in [0.4, 0.5) is 0 Å². The summed E-state index contributed by atoms with van der Waals surface area (Å²) in [5.74, 6) is -0.0832. The summed E-state index contributed by atoms with van der Waals surface area (Å²) in [5.41, 5.74) is 5.42. The Hall–Kier alpha value is -1.26. The minimum atomic E-state index is -0.539. The minimum Gasteiger partial charge on any atom is -0.409 e. The summed E-state index contributed by atoms with van der Waals surface area (Å²) in [6, 6.07) is 0.251. The number of hydrogen-bond donors (Lipinski definition) is 2. The third-order valence-corrected chi connectivity index (χ3v) is 3.00. The zero-order chi connectivity index (χ0) is 11.6. The van der Waals surface area contributed by atoms with Crippen molar-refractivity contribution in [1.82, 2.24) is 4.90 Å². The largest absolute Gasteiger partial charge is 0.409 e. The highest BCUT2D eigenvalue weighted by Gasteiger charge is 2.33. The lowest BCUT2D eigenvalue weighted by atomic mass is 10.1. The number of amidine groups is 1. The quantitative estimate of drug-likeness (QED) is 0.305. The van der Waals surface area contributed by atoms with Crippen LogP contribution in [0.25, 0.3) is 0 Å². The van der Waals surface area contributed by atoms with E-state index < -0.39 is 5.92 Å². The van der Waals surface area contributed by atoms with Crippen molar-refractivity contribution in [1.29, 1.82) is 0 Å². The van der Waals surface area contributed by atoms with Gasteiger partial charge in [-0.3, -0.25) is 4.79 Å². The molecule has 0 aromatic heterocycles. The van der Waals surface area contributed by atoms with E-state index in [0.717, 1.165) is 13.0 Å². The van der Waals surface area contributed by atoms with Gasteiger partial charge < -0.3 is 15.8 Å². The van der Waals surface area contributed by atoms with Crippen molar-refractivity contribution >= 4 is 11.7 Å². The van der Waals surface area contributed by atoms with E-state index in [-0.39, 0.29) is 17.8 Å². The molecule has 3 N–H and O–H groups in total. The number of nitrogens with two attached hydrogens (primary N) is 1. The summed E-state index contributed by atoms with van der Waals surface area (Å²) in [7, 11) is 0. The first-order valence-corrected chi connectivity index (χ1v) is 5.25. The van der Waals surface area contributed by atoms with E-state index >= 15 is 0 Å². The van der Waals surface area contributed by atoms with Crippen molar-refractivity contribution in [2.45, 2.75) is 33.2 Å². The van der Waals surface area contributed by atoms with Gasteiger partial charge in [0.05, 0.1) is 5.92 Å². The van der Waals surface area contributed by atoms with Gasteiger partial charge in [0.1, 0.15) is 0 Å². The average Bonchev–Trinajstić information content (AvgIpc) is 2.54. The van der Waals surface area contributed by atoms with Crippen molar-refractivity contribution in [2.75, 3.05) is 6.54 Å². The molecule has 1 fully saturated rings. The molecule has 0 spiro atoms. The first-order valence-electron chi connectivity index (χ1n) is 5.25. The molecule has 3 atom stereocenters. The van der Waals surface area contributed by atoms with Gasteiger partial charge in [-0.25, -0.2) is 0 Å². The number of carbonyl (C=O) groups excluding carboxylic acids is 1. The van der Waals surface area contributed by atoms with Crippen LogP contribution in [0.5, 0.6) is 0 Å². The fourth-order valence-electron chi connectivity index (χ4n) is 2.07. The Labute approximate surface area is 89.9 Å². The molecule has 1 aliphatic rings. The molecule has 3 unspecified atom stereocenters. The van der Waals surface area contributed by atoms with Crippen LogP contribution in [0.3, 0.4) is 0 Å². The molecule has 0 radical (unpaired) electrons. The smallest absolute Gasteiger partial charge is 0.233 e. The van der Waals surface area contributed by atoms with Crippen LogP contribution in [0.15, 0.2) is 5.16 Å². The molecule has 5 heteroatoms. The Balaban J connectivity index is 2.69. The topological polar surface area (TPSA) is 78.9 Å². The van der Waals surface area contributed by atoms with Crippen LogP contribution < -0.4 is 5.73 Å². The second-order valence-corrected chi connectivity index (χ2v) is 4.43. The van der Waals surface area contributed by atoms with Gasteiger partial charge in [0, 0.05) is 12.6 Å². The molecular formula is C10H19N3O2. The zero-order valence-electron chi connectivity index (χ0n) is 9.47. The highest BCUT2D eigenvalue weighted by Crippen LogP contribution is 2.23. The van der Waals surface area contributed by atoms with Gasteiger partial charge in [-0.1, -0.05) is 12.1 Å². The van der Waals surface area contributed by atoms with Gasteiger partial charge >= 0.3 is 0 Å². The second kappa shape index (κ2) is 4.51. The number of amides is 1. The first kappa shape index (κ1) is 11.8. The Kier molecular flexibility index (Phi) is 3.55. The summed E-state index contributed by atoms with van der Waals surface area (Å²) in [6.45, 7) is 6.58. The fourth-order valence-corrected chi connectivity index (χ4v) is 2.07. The normalized spacial score (nSPS) is 29.3. The standard InChI is InChI=1S/C10H19N3O2/c1-6-4-7(2)13(5-6)10(14)8(3)9(11)12-15/h6-8,15H,4-5H2,1-3H3,(H2,11,12). The van der Waals surface area contributed by atoms with E-state index in [2.05, 4.69) is 12.1 Å². The molecule has 0 aromatic carbocycles. The molecule has 0 aliphatic carbocycles. The number of rotatable bonds is 2. The third-order valence-electron chi connectivity index (χ3n) is 3.00. The molecule has 0 aromatic rings. The summed E-state index contributed by atoms with van der Waals surface area (Å²) in [5, 5.41) is 11.4. The summed E-state index contributed by atoms with van der Waals surface area (Å²) in [6.07, 6.45) is 1.02. The molecule has 15 heavy (non-hydrogen) atoms. The molecule has 0 saturated carbocycles. The van der Waals surface area contributed by atoms with Gasteiger partial charge in [-0.2, -0.15) is 0 Å². The molecule has 5 nitrogen and oxygen atoms in total. The summed E-state index contributed by atoms with van der Waals surface area (Å²) in [4.78, 5) is 13.8. The van der Waals surface area contributed by atoms with Gasteiger partial charge in [0.2, 0.25) is 5.91 Å². The van der Waals surface area contributed by atoms with Crippen LogP contribution in [-0.2, 0) is 4.79 Å². The Morgan fingerprint density at radius 3 is 2.60 bits per heavy atom. The Morgan fingerprint density at radius 1 is 1.60 bits per heavy atom. The van der Waals surface area contributed by atoms with Crippen LogP contribution in [0.2, 0.25) is 0 Å². The number of nitrogens with zero attached hydrogens (tertiary/aromatic N) is 2. The number of oxime groups is 1. The number of carbonyl (C=O) groups is 1. The predicted molar refractivity (Wildman–Crippen MR) is 57.5 cm³/mol. The zero-order valence-corrected chi connectivity index (χ0v) is 9.47. The van der Waals surface area contributed by atoms with E-state index in [0.29, 0.717) is 5.92 Å². The van der Waals surface area contributed by atoms with Crippen LogP contribution >= 0.6 is 0 Å². The number of likely N-dealkylation sites (tertiary alicyclic amines) is 1. The maximum Gasteiger partial charge on any atom is 0.233 e. The monoisotopic (exact) mass is 213 g/mol. The van der Waals surface area contributed by atoms with Crippen molar-refractivity contribution in [2.24, 2.45) is 22.7 Å². The second-order valence-electron chi connectivity index (χ2n) is 4.43.